The van der Waals surface area contributed by atoms with E-state index in [1.807, 2.05) is 6.07 Å². The summed E-state index contributed by atoms with van der Waals surface area (Å²) in [5, 5.41) is 0.284. The summed E-state index contributed by atoms with van der Waals surface area (Å²) in [5.41, 5.74) is 1.24. The number of ketones is 1. The van der Waals surface area contributed by atoms with Crippen molar-refractivity contribution in [3.05, 3.63) is 58.6 Å². The predicted octanol–water partition coefficient (Wildman–Crippen LogP) is 2.67. The lowest BCUT2D eigenvalue weighted by atomic mass is 10.1. The van der Waals surface area contributed by atoms with E-state index in [1.165, 1.54) is 0 Å². The van der Waals surface area contributed by atoms with Gasteiger partial charge >= 0.3 is 0 Å². The predicted molar refractivity (Wildman–Crippen MR) is 61.7 cm³/mol. The quantitative estimate of drug-likeness (QED) is 0.591. The third-order valence-corrected chi connectivity index (χ3v) is 2.26. The van der Waals surface area contributed by atoms with Crippen molar-refractivity contribution in [2.75, 3.05) is 0 Å². The lowest BCUT2D eigenvalue weighted by Gasteiger charge is -2.01. The lowest BCUT2D eigenvalue weighted by molar-refractivity contribution is 0.102. The van der Waals surface area contributed by atoms with Crippen molar-refractivity contribution in [1.82, 2.24) is 9.97 Å². The lowest BCUT2D eigenvalue weighted by Crippen LogP contribution is -2.07. The third kappa shape index (κ3) is 2.25. The molecule has 0 aliphatic rings. The Morgan fingerprint density at radius 2 is 1.88 bits per heavy atom. The van der Waals surface area contributed by atoms with Crippen molar-refractivity contribution in [1.29, 1.82) is 0 Å². The van der Waals surface area contributed by atoms with Crippen LogP contribution >= 0.6 is 11.6 Å². The minimum Gasteiger partial charge on any atom is -0.285 e. The van der Waals surface area contributed by atoms with E-state index in [-0.39, 0.29) is 16.8 Å². The summed E-state index contributed by atoms with van der Waals surface area (Å²) in [7, 11) is 0. The SMILES string of the molecule is Cc1cc(Cl)nc(C(=O)c2ccccc2)n1. The van der Waals surface area contributed by atoms with Gasteiger partial charge in [-0.15, -0.1) is 0 Å². The van der Waals surface area contributed by atoms with Gasteiger partial charge in [0.1, 0.15) is 5.15 Å². The number of hydrogen-bond acceptors (Lipinski definition) is 3. The molecule has 1 heterocycles. The zero-order valence-corrected chi connectivity index (χ0v) is 9.40. The molecule has 0 N–H and O–H groups in total. The van der Waals surface area contributed by atoms with E-state index in [0.717, 1.165) is 0 Å². The first-order valence-corrected chi connectivity index (χ1v) is 5.15. The summed E-state index contributed by atoms with van der Waals surface area (Å²) in [4.78, 5) is 19.9. The summed E-state index contributed by atoms with van der Waals surface area (Å²) in [6.07, 6.45) is 0. The molecular formula is C12H9ClN2O. The topological polar surface area (TPSA) is 42.9 Å². The molecule has 0 bridgehead atoms. The van der Waals surface area contributed by atoms with Crippen molar-refractivity contribution in [2.45, 2.75) is 6.92 Å². The Morgan fingerprint density at radius 3 is 2.50 bits per heavy atom. The molecule has 2 aromatic rings. The molecule has 0 amide bonds. The Bertz CT molecular complexity index is 506. The Kier molecular flexibility index (Phi) is 2.97. The minimum absolute atomic E-state index is 0.135. The second-order valence-corrected chi connectivity index (χ2v) is 3.74. The van der Waals surface area contributed by atoms with E-state index >= 15 is 0 Å². The van der Waals surface area contributed by atoms with Crippen LogP contribution in [0.3, 0.4) is 0 Å². The molecule has 3 nitrogen and oxygen atoms in total. The molecule has 0 aliphatic heterocycles. The van der Waals surface area contributed by atoms with Gasteiger partial charge in [-0.3, -0.25) is 4.79 Å². The number of hydrogen-bond donors (Lipinski definition) is 0. The maximum Gasteiger partial charge on any atom is 0.230 e. The second kappa shape index (κ2) is 4.41. The molecule has 2 rings (SSSR count). The van der Waals surface area contributed by atoms with Crippen LogP contribution in [0.4, 0.5) is 0 Å². The van der Waals surface area contributed by atoms with Gasteiger partial charge in [-0.2, -0.15) is 0 Å². The van der Waals surface area contributed by atoms with Gasteiger partial charge in [0, 0.05) is 11.3 Å². The number of carbonyl (C=O) groups excluding carboxylic acids is 1. The number of carbonyl (C=O) groups is 1. The van der Waals surface area contributed by atoms with Crippen LogP contribution in [-0.2, 0) is 0 Å². The molecule has 0 spiro atoms. The van der Waals surface area contributed by atoms with Gasteiger partial charge in [0.15, 0.2) is 0 Å². The zero-order chi connectivity index (χ0) is 11.5. The van der Waals surface area contributed by atoms with Gasteiger partial charge in [-0.25, -0.2) is 9.97 Å². The van der Waals surface area contributed by atoms with Gasteiger partial charge in [-0.05, 0) is 13.0 Å². The van der Waals surface area contributed by atoms with Crippen LogP contribution in [0, 0.1) is 6.92 Å². The summed E-state index contributed by atoms with van der Waals surface area (Å²) >= 11 is 5.78. The second-order valence-electron chi connectivity index (χ2n) is 3.35. The van der Waals surface area contributed by atoms with Crippen LogP contribution in [0.5, 0.6) is 0 Å². The standard InChI is InChI=1S/C12H9ClN2O/c1-8-7-10(13)15-12(14-8)11(16)9-5-3-2-4-6-9/h2-7H,1H3. The van der Waals surface area contributed by atoms with Crippen LogP contribution in [0.2, 0.25) is 5.15 Å². The first kappa shape index (κ1) is 10.8. The molecule has 0 radical (unpaired) electrons. The molecule has 0 saturated carbocycles. The van der Waals surface area contributed by atoms with E-state index in [1.54, 1.807) is 37.3 Å². The molecule has 16 heavy (non-hydrogen) atoms. The highest BCUT2D eigenvalue weighted by atomic mass is 35.5. The van der Waals surface area contributed by atoms with E-state index in [2.05, 4.69) is 9.97 Å². The van der Waals surface area contributed by atoms with Gasteiger partial charge in [0.2, 0.25) is 11.6 Å². The summed E-state index contributed by atoms with van der Waals surface area (Å²) in [5.74, 6) is -0.0811. The van der Waals surface area contributed by atoms with E-state index in [0.29, 0.717) is 11.3 Å². The Labute approximate surface area is 98.1 Å². The number of rotatable bonds is 2. The number of benzene rings is 1. The monoisotopic (exact) mass is 232 g/mol. The summed E-state index contributed by atoms with van der Waals surface area (Å²) in [6, 6.07) is 10.5. The number of nitrogens with zero attached hydrogens (tertiary/aromatic N) is 2. The highest BCUT2D eigenvalue weighted by Crippen LogP contribution is 2.10. The third-order valence-electron chi connectivity index (χ3n) is 2.06. The normalized spacial score (nSPS) is 10.1. The number of halogens is 1. The Hall–Kier alpha value is -1.74. The van der Waals surface area contributed by atoms with E-state index < -0.39 is 0 Å². The molecule has 1 aromatic carbocycles. The molecular weight excluding hydrogens is 224 g/mol. The molecule has 0 fully saturated rings. The summed E-state index contributed by atoms with van der Waals surface area (Å²) < 4.78 is 0. The van der Waals surface area contributed by atoms with Gasteiger partial charge < -0.3 is 0 Å². The highest BCUT2D eigenvalue weighted by Gasteiger charge is 2.12. The molecule has 0 saturated heterocycles. The van der Waals surface area contributed by atoms with Crippen molar-refractivity contribution >= 4 is 17.4 Å². The Morgan fingerprint density at radius 1 is 1.19 bits per heavy atom. The van der Waals surface area contributed by atoms with Gasteiger partial charge in [-0.1, -0.05) is 41.9 Å². The average molecular weight is 233 g/mol. The first-order chi connectivity index (χ1) is 7.66. The highest BCUT2D eigenvalue weighted by molar-refractivity contribution is 6.29. The fraction of sp³-hybridized carbons (Fsp3) is 0.0833. The smallest absolute Gasteiger partial charge is 0.230 e. The van der Waals surface area contributed by atoms with Crippen molar-refractivity contribution < 1.29 is 4.79 Å². The molecule has 4 heteroatoms. The van der Waals surface area contributed by atoms with E-state index in [9.17, 15) is 4.79 Å². The fourth-order valence-electron chi connectivity index (χ4n) is 1.35. The van der Waals surface area contributed by atoms with Crippen LogP contribution in [0.15, 0.2) is 36.4 Å². The van der Waals surface area contributed by atoms with Crippen molar-refractivity contribution in [3.63, 3.8) is 0 Å². The zero-order valence-electron chi connectivity index (χ0n) is 8.64. The molecule has 0 atom stereocenters. The van der Waals surface area contributed by atoms with Gasteiger partial charge in [0.25, 0.3) is 0 Å². The summed E-state index contributed by atoms with van der Waals surface area (Å²) in [6.45, 7) is 1.77. The molecule has 1 aromatic heterocycles. The molecule has 0 aliphatic carbocycles. The first-order valence-electron chi connectivity index (χ1n) is 4.78. The fourth-order valence-corrected chi connectivity index (χ4v) is 1.59. The number of aryl methyl sites for hydroxylation is 1. The average Bonchev–Trinajstić information content (AvgIpc) is 2.28. The van der Waals surface area contributed by atoms with Crippen LogP contribution < -0.4 is 0 Å². The maximum absolute atomic E-state index is 12.0. The van der Waals surface area contributed by atoms with Crippen LogP contribution in [-0.4, -0.2) is 15.8 Å². The van der Waals surface area contributed by atoms with Crippen LogP contribution in [0.1, 0.15) is 21.9 Å². The minimum atomic E-state index is -0.216. The van der Waals surface area contributed by atoms with Crippen LogP contribution in [0.25, 0.3) is 0 Å². The Balaban J connectivity index is 2.42. The van der Waals surface area contributed by atoms with Crippen molar-refractivity contribution in [3.8, 4) is 0 Å². The molecule has 80 valence electrons. The largest absolute Gasteiger partial charge is 0.285 e. The number of aromatic nitrogens is 2. The van der Waals surface area contributed by atoms with E-state index in [4.69, 9.17) is 11.6 Å². The maximum atomic E-state index is 12.0. The molecule has 0 unspecified atom stereocenters. The van der Waals surface area contributed by atoms with Crippen molar-refractivity contribution in [2.24, 2.45) is 0 Å². The van der Waals surface area contributed by atoms with Gasteiger partial charge in [0.05, 0.1) is 0 Å².